The molecule has 0 bridgehead atoms. The topological polar surface area (TPSA) is 28.6 Å². The number of ether oxygens (including phenoxy) is 1. The number of benzene rings is 2. The molecule has 0 atom stereocenters. The Balaban J connectivity index is 1.35. The van der Waals surface area contributed by atoms with E-state index in [0.717, 1.165) is 50.5 Å². The van der Waals surface area contributed by atoms with Crippen LogP contribution in [0.2, 0.25) is 0 Å². The fourth-order valence-corrected chi connectivity index (χ4v) is 3.69. The minimum absolute atomic E-state index is 0.296. The maximum absolute atomic E-state index is 13.9. The van der Waals surface area contributed by atoms with Crippen molar-refractivity contribution in [2.24, 2.45) is 0 Å². The molecule has 2 heterocycles. The van der Waals surface area contributed by atoms with E-state index in [-0.39, 0.29) is 5.82 Å². The van der Waals surface area contributed by atoms with Crippen LogP contribution in [0.5, 0.6) is 5.75 Å². The molecule has 27 heavy (non-hydrogen) atoms. The van der Waals surface area contributed by atoms with Crippen LogP contribution in [0.15, 0.2) is 54.7 Å². The molecule has 2 aromatic carbocycles. The standard InChI is InChI=1S/C22H24FN3O/c1-27-22-7-6-17(14-20(22)23)15-25-10-12-26(13-11-25)16-21-19-5-3-2-4-18(19)8-9-24-21/h2-9,14H,10-13,15-16H2,1H3. The van der Waals surface area contributed by atoms with E-state index in [1.54, 1.807) is 12.1 Å². The monoisotopic (exact) mass is 365 g/mol. The van der Waals surface area contributed by atoms with Gasteiger partial charge in [-0.2, -0.15) is 0 Å². The second-order valence-electron chi connectivity index (χ2n) is 7.00. The average molecular weight is 365 g/mol. The Morgan fingerprint density at radius 2 is 1.70 bits per heavy atom. The zero-order valence-corrected chi connectivity index (χ0v) is 15.6. The summed E-state index contributed by atoms with van der Waals surface area (Å²) in [6.45, 7) is 5.55. The zero-order chi connectivity index (χ0) is 18.6. The Morgan fingerprint density at radius 1 is 0.963 bits per heavy atom. The Kier molecular flexibility index (Phi) is 5.32. The summed E-state index contributed by atoms with van der Waals surface area (Å²) >= 11 is 0. The van der Waals surface area contributed by atoms with Crippen molar-refractivity contribution in [1.82, 2.24) is 14.8 Å². The van der Waals surface area contributed by atoms with Gasteiger partial charge in [0.2, 0.25) is 0 Å². The highest BCUT2D eigenvalue weighted by molar-refractivity contribution is 5.84. The molecule has 4 rings (SSSR count). The summed E-state index contributed by atoms with van der Waals surface area (Å²) in [6.07, 6.45) is 1.89. The van der Waals surface area contributed by atoms with Crippen LogP contribution in [0.3, 0.4) is 0 Å². The smallest absolute Gasteiger partial charge is 0.165 e. The number of rotatable bonds is 5. The third-order valence-electron chi connectivity index (χ3n) is 5.22. The average Bonchev–Trinajstić information content (AvgIpc) is 2.70. The van der Waals surface area contributed by atoms with Crippen LogP contribution in [-0.2, 0) is 13.1 Å². The van der Waals surface area contributed by atoms with Gasteiger partial charge < -0.3 is 4.74 Å². The fraction of sp³-hybridized carbons (Fsp3) is 0.318. The first-order valence-electron chi connectivity index (χ1n) is 9.33. The highest BCUT2D eigenvalue weighted by Crippen LogP contribution is 2.21. The maximum Gasteiger partial charge on any atom is 0.165 e. The second-order valence-corrected chi connectivity index (χ2v) is 7.00. The minimum atomic E-state index is -0.296. The Labute approximate surface area is 159 Å². The van der Waals surface area contributed by atoms with Gasteiger partial charge in [-0.1, -0.05) is 30.3 Å². The molecule has 0 radical (unpaired) electrons. The SMILES string of the molecule is COc1ccc(CN2CCN(Cc3nccc4ccccc34)CC2)cc1F. The molecule has 1 fully saturated rings. The number of methoxy groups -OCH3 is 1. The second kappa shape index (κ2) is 8.03. The molecule has 0 aliphatic carbocycles. The number of nitrogens with zero attached hydrogens (tertiary/aromatic N) is 3. The van der Waals surface area contributed by atoms with Gasteiger partial charge in [-0.05, 0) is 29.1 Å². The first-order chi connectivity index (χ1) is 13.2. The van der Waals surface area contributed by atoms with Gasteiger partial charge in [-0.15, -0.1) is 0 Å². The van der Waals surface area contributed by atoms with Crippen LogP contribution >= 0.6 is 0 Å². The van der Waals surface area contributed by atoms with Gasteiger partial charge in [0, 0.05) is 50.9 Å². The van der Waals surface area contributed by atoms with Gasteiger partial charge in [-0.3, -0.25) is 14.8 Å². The highest BCUT2D eigenvalue weighted by Gasteiger charge is 2.18. The lowest BCUT2D eigenvalue weighted by atomic mass is 10.1. The van der Waals surface area contributed by atoms with Gasteiger partial charge in [-0.25, -0.2) is 4.39 Å². The van der Waals surface area contributed by atoms with Crippen molar-refractivity contribution in [1.29, 1.82) is 0 Å². The number of aromatic nitrogens is 1. The molecule has 1 aromatic heterocycles. The first kappa shape index (κ1) is 17.9. The number of fused-ring (bicyclic) bond motifs is 1. The van der Waals surface area contributed by atoms with Gasteiger partial charge in [0.15, 0.2) is 11.6 Å². The van der Waals surface area contributed by atoms with Crippen molar-refractivity contribution in [2.45, 2.75) is 13.1 Å². The summed E-state index contributed by atoms with van der Waals surface area (Å²) in [7, 11) is 1.49. The summed E-state index contributed by atoms with van der Waals surface area (Å²) < 4.78 is 18.9. The van der Waals surface area contributed by atoms with Crippen molar-refractivity contribution >= 4 is 10.8 Å². The van der Waals surface area contributed by atoms with E-state index in [4.69, 9.17) is 4.74 Å². The number of hydrogen-bond donors (Lipinski definition) is 0. The van der Waals surface area contributed by atoms with Crippen LogP contribution in [0.1, 0.15) is 11.3 Å². The maximum atomic E-state index is 13.9. The van der Waals surface area contributed by atoms with E-state index in [9.17, 15) is 4.39 Å². The van der Waals surface area contributed by atoms with Crippen molar-refractivity contribution in [3.05, 3.63) is 71.8 Å². The van der Waals surface area contributed by atoms with Gasteiger partial charge >= 0.3 is 0 Å². The van der Waals surface area contributed by atoms with Crippen molar-refractivity contribution in [3.8, 4) is 5.75 Å². The van der Waals surface area contributed by atoms with Crippen LogP contribution < -0.4 is 4.74 Å². The molecule has 1 saturated heterocycles. The van der Waals surface area contributed by atoms with Crippen LogP contribution in [-0.4, -0.2) is 48.1 Å². The van der Waals surface area contributed by atoms with E-state index in [0.29, 0.717) is 5.75 Å². The molecule has 1 aliphatic rings. The van der Waals surface area contributed by atoms with Gasteiger partial charge in [0.1, 0.15) is 0 Å². The molecule has 1 aliphatic heterocycles. The van der Waals surface area contributed by atoms with Crippen LogP contribution in [0, 0.1) is 5.82 Å². The number of pyridine rings is 1. The number of piperazine rings is 1. The lowest BCUT2D eigenvalue weighted by molar-refractivity contribution is 0.121. The fourth-order valence-electron chi connectivity index (χ4n) is 3.69. The molecule has 0 saturated carbocycles. The van der Waals surface area contributed by atoms with Gasteiger partial charge in [0.25, 0.3) is 0 Å². The van der Waals surface area contributed by atoms with Crippen molar-refractivity contribution in [3.63, 3.8) is 0 Å². The van der Waals surface area contributed by atoms with Crippen LogP contribution in [0.25, 0.3) is 10.8 Å². The molecule has 0 spiro atoms. The highest BCUT2D eigenvalue weighted by atomic mass is 19.1. The lowest BCUT2D eigenvalue weighted by Crippen LogP contribution is -2.45. The van der Waals surface area contributed by atoms with Crippen molar-refractivity contribution in [2.75, 3.05) is 33.3 Å². The Bertz CT molecular complexity index is 917. The molecule has 3 aromatic rings. The third-order valence-corrected chi connectivity index (χ3v) is 5.22. The Hall–Kier alpha value is -2.50. The quantitative estimate of drug-likeness (QED) is 0.689. The molecule has 0 N–H and O–H groups in total. The number of hydrogen-bond acceptors (Lipinski definition) is 4. The van der Waals surface area contributed by atoms with E-state index in [2.05, 4.69) is 45.1 Å². The molecule has 5 heteroatoms. The van der Waals surface area contributed by atoms with Gasteiger partial charge in [0.05, 0.1) is 12.8 Å². The minimum Gasteiger partial charge on any atom is -0.494 e. The summed E-state index contributed by atoms with van der Waals surface area (Å²) in [5.74, 6) is 0.00169. The van der Waals surface area contributed by atoms with Crippen LogP contribution in [0.4, 0.5) is 4.39 Å². The predicted molar refractivity (Wildman–Crippen MR) is 105 cm³/mol. The third kappa shape index (κ3) is 4.10. The molecular formula is C22H24FN3O. The first-order valence-corrected chi connectivity index (χ1v) is 9.33. The summed E-state index contributed by atoms with van der Waals surface area (Å²) in [5.41, 5.74) is 2.12. The summed E-state index contributed by atoms with van der Waals surface area (Å²) in [4.78, 5) is 9.42. The lowest BCUT2D eigenvalue weighted by Gasteiger charge is -2.34. The summed E-state index contributed by atoms with van der Waals surface area (Å²) in [6, 6.07) is 15.7. The zero-order valence-electron chi connectivity index (χ0n) is 15.6. The normalized spacial score (nSPS) is 15.9. The predicted octanol–water partition coefficient (Wildman–Crippen LogP) is 3.70. The molecule has 0 unspecified atom stereocenters. The molecule has 4 nitrogen and oxygen atoms in total. The molecule has 0 amide bonds. The van der Waals surface area contributed by atoms with E-state index < -0.39 is 0 Å². The molecular weight excluding hydrogens is 341 g/mol. The van der Waals surface area contributed by atoms with E-state index in [1.807, 2.05) is 12.3 Å². The largest absolute Gasteiger partial charge is 0.494 e. The van der Waals surface area contributed by atoms with Crippen molar-refractivity contribution < 1.29 is 9.13 Å². The Morgan fingerprint density at radius 3 is 2.44 bits per heavy atom. The van der Waals surface area contributed by atoms with E-state index >= 15 is 0 Å². The van der Waals surface area contributed by atoms with E-state index in [1.165, 1.54) is 17.9 Å². The summed E-state index contributed by atoms with van der Waals surface area (Å²) in [5, 5.41) is 2.47. The number of halogens is 1. The molecule has 140 valence electrons.